The van der Waals surface area contributed by atoms with Crippen LogP contribution in [0.15, 0.2) is 36.9 Å². The molecule has 1 aromatic carbocycles. The Bertz CT molecular complexity index is 261. The molecule has 0 saturated heterocycles. The van der Waals surface area contributed by atoms with E-state index in [1.54, 1.807) is 0 Å². The Labute approximate surface area is 79.7 Å². The first-order chi connectivity index (χ1) is 6.24. The van der Waals surface area contributed by atoms with Gasteiger partial charge in [0.05, 0.1) is 6.10 Å². The van der Waals surface area contributed by atoms with Crippen LogP contribution >= 0.6 is 0 Å². The minimum atomic E-state index is -0.349. The summed E-state index contributed by atoms with van der Waals surface area (Å²) < 4.78 is 0. The van der Waals surface area contributed by atoms with Crippen LogP contribution in [0.4, 0.5) is 0 Å². The molecule has 0 bridgehead atoms. The van der Waals surface area contributed by atoms with Gasteiger partial charge >= 0.3 is 0 Å². The van der Waals surface area contributed by atoms with E-state index >= 15 is 0 Å². The van der Waals surface area contributed by atoms with Crippen LogP contribution in [0.5, 0.6) is 0 Å². The van der Waals surface area contributed by atoms with Gasteiger partial charge in [-0.25, -0.2) is 0 Å². The zero-order valence-corrected chi connectivity index (χ0v) is 8.03. The van der Waals surface area contributed by atoms with E-state index in [0.717, 1.165) is 18.4 Å². The average molecular weight is 176 g/mol. The maximum atomic E-state index is 9.69. The molecular weight excluding hydrogens is 160 g/mol. The fraction of sp³-hybridized carbons (Fsp3) is 0.333. The summed E-state index contributed by atoms with van der Waals surface area (Å²) in [5.74, 6) is 0. The van der Waals surface area contributed by atoms with E-state index in [1.807, 2.05) is 37.3 Å². The molecule has 1 atom stereocenters. The van der Waals surface area contributed by atoms with E-state index in [9.17, 15) is 5.11 Å². The van der Waals surface area contributed by atoms with Crippen molar-refractivity contribution in [3.63, 3.8) is 0 Å². The van der Waals surface area contributed by atoms with Crippen LogP contribution in [0.1, 0.15) is 30.1 Å². The Kier molecular flexibility index (Phi) is 3.71. The van der Waals surface area contributed by atoms with Gasteiger partial charge in [-0.05, 0) is 25.3 Å². The van der Waals surface area contributed by atoms with Gasteiger partial charge in [0.1, 0.15) is 0 Å². The van der Waals surface area contributed by atoms with Crippen molar-refractivity contribution >= 4 is 0 Å². The van der Waals surface area contributed by atoms with Crippen LogP contribution in [0, 0.1) is 6.92 Å². The van der Waals surface area contributed by atoms with Gasteiger partial charge in [-0.1, -0.05) is 35.9 Å². The molecule has 0 fully saturated rings. The minimum Gasteiger partial charge on any atom is -0.388 e. The lowest BCUT2D eigenvalue weighted by atomic mass is 10.0. The monoisotopic (exact) mass is 176 g/mol. The highest BCUT2D eigenvalue weighted by atomic mass is 16.3. The Balaban J connectivity index is 2.60. The van der Waals surface area contributed by atoms with Crippen molar-refractivity contribution in [3.05, 3.63) is 48.0 Å². The number of allylic oxidation sites excluding steroid dienone is 1. The maximum absolute atomic E-state index is 9.69. The fourth-order valence-electron chi connectivity index (χ4n) is 1.23. The number of aliphatic hydroxyl groups is 1. The van der Waals surface area contributed by atoms with Crippen molar-refractivity contribution < 1.29 is 5.11 Å². The van der Waals surface area contributed by atoms with Gasteiger partial charge in [-0.15, -0.1) is 6.58 Å². The van der Waals surface area contributed by atoms with Crippen LogP contribution in [0.25, 0.3) is 0 Å². The van der Waals surface area contributed by atoms with Gasteiger partial charge in [-0.3, -0.25) is 0 Å². The van der Waals surface area contributed by atoms with E-state index in [1.165, 1.54) is 5.56 Å². The highest BCUT2D eigenvalue weighted by molar-refractivity contribution is 5.22. The summed E-state index contributed by atoms with van der Waals surface area (Å²) in [5.41, 5.74) is 2.21. The molecular formula is C12H16O. The molecule has 0 radical (unpaired) electrons. The first kappa shape index (κ1) is 10.0. The summed E-state index contributed by atoms with van der Waals surface area (Å²) in [6.45, 7) is 5.67. The van der Waals surface area contributed by atoms with Crippen molar-refractivity contribution in [1.29, 1.82) is 0 Å². The summed E-state index contributed by atoms with van der Waals surface area (Å²) in [6.07, 6.45) is 3.09. The summed E-state index contributed by atoms with van der Waals surface area (Å²) in [7, 11) is 0. The number of aryl methyl sites for hydroxylation is 1. The third kappa shape index (κ3) is 3.03. The molecule has 0 amide bonds. The third-order valence-electron chi connectivity index (χ3n) is 2.11. The van der Waals surface area contributed by atoms with Gasteiger partial charge in [0, 0.05) is 0 Å². The Hall–Kier alpha value is -1.08. The number of hydrogen-bond donors (Lipinski definition) is 1. The van der Waals surface area contributed by atoms with E-state index < -0.39 is 0 Å². The van der Waals surface area contributed by atoms with Gasteiger partial charge in [-0.2, -0.15) is 0 Å². The number of hydrogen-bond acceptors (Lipinski definition) is 1. The Morgan fingerprint density at radius 3 is 2.54 bits per heavy atom. The molecule has 13 heavy (non-hydrogen) atoms. The lowest BCUT2D eigenvalue weighted by Gasteiger charge is -2.09. The summed E-state index contributed by atoms with van der Waals surface area (Å²) >= 11 is 0. The molecule has 0 aliphatic heterocycles. The van der Waals surface area contributed by atoms with Crippen molar-refractivity contribution in [2.45, 2.75) is 25.9 Å². The molecule has 0 aliphatic carbocycles. The fourth-order valence-corrected chi connectivity index (χ4v) is 1.23. The smallest absolute Gasteiger partial charge is 0.0793 e. The zero-order chi connectivity index (χ0) is 9.68. The SMILES string of the molecule is C=CCC[C@@H](O)c1ccc(C)cc1. The second-order valence-corrected chi connectivity index (χ2v) is 3.29. The molecule has 70 valence electrons. The molecule has 1 nitrogen and oxygen atoms in total. The molecule has 0 unspecified atom stereocenters. The second-order valence-electron chi connectivity index (χ2n) is 3.29. The Morgan fingerprint density at radius 2 is 2.00 bits per heavy atom. The molecule has 1 N–H and O–H groups in total. The third-order valence-corrected chi connectivity index (χ3v) is 2.11. The van der Waals surface area contributed by atoms with Crippen molar-refractivity contribution in [2.75, 3.05) is 0 Å². The molecule has 0 aliphatic rings. The Morgan fingerprint density at radius 1 is 1.38 bits per heavy atom. The van der Waals surface area contributed by atoms with Crippen molar-refractivity contribution in [3.8, 4) is 0 Å². The summed E-state index contributed by atoms with van der Waals surface area (Å²) in [5, 5.41) is 9.69. The number of aliphatic hydroxyl groups excluding tert-OH is 1. The topological polar surface area (TPSA) is 20.2 Å². The highest BCUT2D eigenvalue weighted by Gasteiger charge is 2.04. The molecule has 1 heteroatoms. The van der Waals surface area contributed by atoms with Gasteiger partial charge in [0.2, 0.25) is 0 Å². The standard InChI is InChI=1S/C12H16O/c1-3-4-5-12(13)11-8-6-10(2)7-9-11/h3,6-9,12-13H,1,4-5H2,2H3/t12-/m1/s1. The van der Waals surface area contributed by atoms with Gasteiger partial charge in [0.25, 0.3) is 0 Å². The molecule has 0 saturated carbocycles. The number of rotatable bonds is 4. The normalized spacial score (nSPS) is 12.5. The minimum absolute atomic E-state index is 0.349. The zero-order valence-electron chi connectivity index (χ0n) is 8.03. The molecule has 0 heterocycles. The molecule has 0 aromatic heterocycles. The quantitative estimate of drug-likeness (QED) is 0.699. The lowest BCUT2D eigenvalue weighted by molar-refractivity contribution is 0.169. The van der Waals surface area contributed by atoms with Crippen LogP contribution in [-0.4, -0.2) is 5.11 Å². The van der Waals surface area contributed by atoms with E-state index in [4.69, 9.17) is 0 Å². The molecule has 0 spiro atoms. The van der Waals surface area contributed by atoms with Gasteiger partial charge < -0.3 is 5.11 Å². The molecule has 1 aromatic rings. The summed E-state index contributed by atoms with van der Waals surface area (Å²) in [6, 6.07) is 7.99. The predicted molar refractivity (Wildman–Crippen MR) is 55.6 cm³/mol. The first-order valence-electron chi connectivity index (χ1n) is 4.59. The van der Waals surface area contributed by atoms with E-state index in [2.05, 4.69) is 6.58 Å². The number of benzene rings is 1. The van der Waals surface area contributed by atoms with Crippen LogP contribution in [0.2, 0.25) is 0 Å². The van der Waals surface area contributed by atoms with Crippen molar-refractivity contribution in [1.82, 2.24) is 0 Å². The first-order valence-corrected chi connectivity index (χ1v) is 4.59. The molecule has 1 rings (SSSR count). The van der Waals surface area contributed by atoms with Crippen molar-refractivity contribution in [2.24, 2.45) is 0 Å². The highest BCUT2D eigenvalue weighted by Crippen LogP contribution is 2.18. The van der Waals surface area contributed by atoms with Gasteiger partial charge in [0.15, 0.2) is 0 Å². The van der Waals surface area contributed by atoms with E-state index in [-0.39, 0.29) is 6.10 Å². The largest absolute Gasteiger partial charge is 0.388 e. The van der Waals surface area contributed by atoms with Crippen LogP contribution in [0.3, 0.4) is 0 Å². The average Bonchev–Trinajstić information content (AvgIpc) is 2.15. The van der Waals surface area contributed by atoms with Crippen LogP contribution in [-0.2, 0) is 0 Å². The lowest BCUT2D eigenvalue weighted by Crippen LogP contribution is -1.96. The second kappa shape index (κ2) is 4.83. The maximum Gasteiger partial charge on any atom is 0.0793 e. The van der Waals surface area contributed by atoms with E-state index in [0.29, 0.717) is 0 Å². The van der Waals surface area contributed by atoms with Crippen LogP contribution < -0.4 is 0 Å². The predicted octanol–water partition coefficient (Wildman–Crippen LogP) is 2.99. The summed E-state index contributed by atoms with van der Waals surface area (Å²) in [4.78, 5) is 0.